The second kappa shape index (κ2) is 4.37. The van der Waals surface area contributed by atoms with E-state index in [0.29, 0.717) is 0 Å². The standard InChI is InChI=1S/C9H15O/c1-10-8-4-2-3-5-9-6-7-9/h4,6,8-9H,2-3,5,7H2,1H3. The van der Waals surface area contributed by atoms with E-state index in [2.05, 4.69) is 12.5 Å². The van der Waals surface area contributed by atoms with Gasteiger partial charge in [-0.2, -0.15) is 0 Å². The zero-order valence-corrected chi connectivity index (χ0v) is 6.55. The van der Waals surface area contributed by atoms with Gasteiger partial charge < -0.3 is 4.74 Å². The van der Waals surface area contributed by atoms with Crippen molar-refractivity contribution in [2.45, 2.75) is 25.7 Å². The van der Waals surface area contributed by atoms with Gasteiger partial charge >= 0.3 is 0 Å². The van der Waals surface area contributed by atoms with E-state index >= 15 is 0 Å². The molecule has 0 spiro atoms. The minimum atomic E-state index is 0.955. The van der Waals surface area contributed by atoms with Crippen molar-refractivity contribution in [3.8, 4) is 0 Å². The van der Waals surface area contributed by atoms with Crippen LogP contribution in [0, 0.1) is 12.3 Å². The van der Waals surface area contributed by atoms with E-state index in [4.69, 9.17) is 4.74 Å². The largest absolute Gasteiger partial charge is 0.505 e. The molecule has 0 aromatic rings. The van der Waals surface area contributed by atoms with E-state index in [0.717, 1.165) is 12.3 Å². The zero-order valence-electron chi connectivity index (χ0n) is 6.55. The Morgan fingerprint density at radius 1 is 1.70 bits per heavy atom. The van der Waals surface area contributed by atoms with E-state index < -0.39 is 0 Å². The Hall–Kier alpha value is -0.460. The summed E-state index contributed by atoms with van der Waals surface area (Å²) in [5, 5.41) is 0. The number of rotatable bonds is 5. The fourth-order valence-corrected chi connectivity index (χ4v) is 0.994. The summed E-state index contributed by atoms with van der Waals surface area (Å²) >= 11 is 0. The van der Waals surface area contributed by atoms with Gasteiger partial charge in [0, 0.05) is 0 Å². The topological polar surface area (TPSA) is 9.23 Å². The first-order valence-corrected chi connectivity index (χ1v) is 3.94. The second-order valence-electron chi connectivity index (χ2n) is 2.77. The Balaban J connectivity index is 1.80. The van der Waals surface area contributed by atoms with Gasteiger partial charge in [0.2, 0.25) is 0 Å². The van der Waals surface area contributed by atoms with Gasteiger partial charge in [0.1, 0.15) is 0 Å². The third-order valence-corrected chi connectivity index (χ3v) is 1.75. The lowest BCUT2D eigenvalue weighted by atomic mass is 10.2. The van der Waals surface area contributed by atoms with Crippen LogP contribution in [0.2, 0.25) is 0 Å². The van der Waals surface area contributed by atoms with E-state index in [9.17, 15) is 0 Å². The Bertz CT molecular complexity index is 103. The fraction of sp³-hybridized carbons (Fsp3) is 0.667. The van der Waals surface area contributed by atoms with Crippen molar-refractivity contribution in [1.82, 2.24) is 0 Å². The first kappa shape index (κ1) is 7.64. The van der Waals surface area contributed by atoms with Crippen molar-refractivity contribution in [2.75, 3.05) is 7.11 Å². The Morgan fingerprint density at radius 2 is 2.50 bits per heavy atom. The average Bonchev–Trinajstić information content (AvgIpc) is 2.71. The van der Waals surface area contributed by atoms with Crippen molar-refractivity contribution in [3.05, 3.63) is 18.8 Å². The minimum absolute atomic E-state index is 0.955. The summed E-state index contributed by atoms with van der Waals surface area (Å²) in [6, 6.07) is 0. The molecular weight excluding hydrogens is 124 g/mol. The van der Waals surface area contributed by atoms with Crippen molar-refractivity contribution in [2.24, 2.45) is 5.92 Å². The highest BCUT2D eigenvalue weighted by molar-refractivity contribution is 4.94. The van der Waals surface area contributed by atoms with Gasteiger partial charge in [0.05, 0.1) is 13.4 Å². The molecule has 57 valence electrons. The molecule has 0 saturated heterocycles. The molecule has 1 aliphatic carbocycles. The SMILES string of the molecule is COC=CCCCC1[CH]C1. The fourth-order valence-electron chi connectivity index (χ4n) is 0.994. The molecule has 1 heteroatoms. The maximum Gasteiger partial charge on any atom is 0.0784 e. The average molecular weight is 139 g/mol. The number of hydrogen-bond acceptors (Lipinski definition) is 1. The molecule has 10 heavy (non-hydrogen) atoms. The van der Waals surface area contributed by atoms with Gasteiger partial charge in [-0.3, -0.25) is 0 Å². The molecule has 1 rings (SSSR count). The third kappa shape index (κ3) is 3.54. The number of ether oxygens (including phenoxy) is 1. The quantitative estimate of drug-likeness (QED) is 0.420. The molecule has 1 unspecified atom stereocenters. The van der Waals surface area contributed by atoms with Gasteiger partial charge in [-0.05, 0) is 44.1 Å². The minimum Gasteiger partial charge on any atom is -0.505 e. The van der Waals surface area contributed by atoms with Crippen LogP contribution in [0.25, 0.3) is 0 Å². The van der Waals surface area contributed by atoms with Crippen molar-refractivity contribution in [3.63, 3.8) is 0 Å². The molecule has 1 radical (unpaired) electrons. The van der Waals surface area contributed by atoms with Gasteiger partial charge in [-0.15, -0.1) is 0 Å². The Kier molecular flexibility index (Phi) is 3.34. The Labute approximate surface area is 63.1 Å². The van der Waals surface area contributed by atoms with Gasteiger partial charge in [0.25, 0.3) is 0 Å². The maximum absolute atomic E-state index is 4.78. The van der Waals surface area contributed by atoms with Crippen LogP contribution in [0.1, 0.15) is 25.7 Å². The molecule has 0 aromatic heterocycles. The second-order valence-corrected chi connectivity index (χ2v) is 2.77. The molecule has 0 aromatic carbocycles. The lowest BCUT2D eigenvalue weighted by Crippen LogP contribution is -1.75. The van der Waals surface area contributed by atoms with Crippen molar-refractivity contribution in [1.29, 1.82) is 0 Å². The summed E-state index contributed by atoms with van der Waals surface area (Å²) in [7, 11) is 1.69. The molecule has 1 nitrogen and oxygen atoms in total. The van der Waals surface area contributed by atoms with Crippen LogP contribution in [0.5, 0.6) is 0 Å². The molecule has 1 aliphatic rings. The van der Waals surface area contributed by atoms with Crippen LogP contribution >= 0.6 is 0 Å². The maximum atomic E-state index is 4.78. The van der Waals surface area contributed by atoms with E-state index in [1.54, 1.807) is 13.4 Å². The van der Waals surface area contributed by atoms with Gasteiger partial charge in [-0.1, -0.05) is 0 Å². The number of hydrogen-bond donors (Lipinski definition) is 0. The Morgan fingerprint density at radius 3 is 3.10 bits per heavy atom. The van der Waals surface area contributed by atoms with E-state index in [-0.39, 0.29) is 0 Å². The first-order chi connectivity index (χ1) is 4.93. The highest BCUT2D eigenvalue weighted by Gasteiger charge is 2.20. The molecule has 1 fully saturated rings. The van der Waals surface area contributed by atoms with Crippen LogP contribution in [-0.4, -0.2) is 7.11 Å². The molecular formula is C9H15O. The predicted molar refractivity (Wildman–Crippen MR) is 42.4 cm³/mol. The van der Waals surface area contributed by atoms with Crippen LogP contribution in [0.15, 0.2) is 12.3 Å². The highest BCUT2D eigenvalue weighted by Crippen LogP contribution is 2.32. The zero-order chi connectivity index (χ0) is 7.23. The summed E-state index contributed by atoms with van der Waals surface area (Å²) in [4.78, 5) is 0. The molecule has 1 saturated carbocycles. The summed E-state index contributed by atoms with van der Waals surface area (Å²) in [5.41, 5.74) is 0. The normalized spacial score (nSPS) is 18.1. The highest BCUT2D eigenvalue weighted by atomic mass is 16.5. The first-order valence-electron chi connectivity index (χ1n) is 3.94. The van der Waals surface area contributed by atoms with Crippen LogP contribution in [0.3, 0.4) is 0 Å². The lowest BCUT2D eigenvalue weighted by Gasteiger charge is -1.92. The van der Waals surface area contributed by atoms with Crippen LogP contribution < -0.4 is 0 Å². The number of methoxy groups -OCH3 is 1. The molecule has 0 aliphatic heterocycles. The summed E-state index contributed by atoms with van der Waals surface area (Å²) in [5.74, 6) is 0.955. The molecule has 0 heterocycles. The smallest absolute Gasteiger partial charge is 0.0784 e. The van der Waals surface area contributed by atoms with Crippen LogP contribution in [0.4, 0.5) is 0 Å². The third-order valence-electron chi connectivity index (χ3n) is 1.75. The monoisotopic (exact) mass is 139 g/mol. The van der Waals surface area contributed by atoms with E-state index in [1.165, 1.54) is 19.3 Å². The molecule has 0 amide bonds. The van der Waals surface area contributed by atoms with E-state index in [1.807, 2.05) is 0 Å². The number of allylic oxidation sites excluding steroid dienone is 1. The summed E-state index contributed by atoms with van der Waals surface area (Å²) in [6.07, 6.45) is 11.4. The summed E-state index contributed by atoms with van der Waals surface area (Å²) < 4.78 is 4.78. The van der Waals surface area contributed by atoms with Crippen molar-refractivity contribution >= 4 is 0 Å². The number of unbranched alkanes of at least 4 members (excludes halogenated alkanes) is 1. The van der Waals surface area contributed by atoms with Gasteiger partial charge in [0.15, 0.2) is 0 Å². The van der Waals surface area contributed by atoms with Crippen LogP contribution in [-0.2, 0) is 4.74 Å². The molecule has 1 atom stereocenters. The van der Waals surface area contributed by atoms with Crippen molar-refractivity contribution < 1.29 is 4.74 Å². The molecule has 0 N–H and O–H groups in total. The summed E-state index contributed by atoms with van der Waals surface area (Å²) in [6.45, 7) is 0. The lowest BCUT2D eigenvalue weighted by molar-refractivity contribution is 0.336. The van der Waals surface area contributed by atoms with Gasteiger partial charge in [-0.25, -0.2) is 0 Å². The predicted octanol–water partition coefficient (Wildman–Crippen LogP) is 2.54. The molecule has 0 bridgehead atoms.